The second kappa shape index (κ2) is 8.92. The summed E-state index contributed by atoms with van der Waals surface area (Å²) in [4.78, 5) is 12.5. The third-order valence-corrected chi connectivity index (χ3v) is 5.71. The molecule has 1 aliphatic carbocycles. The molecule has 0 unspecified atom stereocenters. The van der Waals surface area contributed by atoms with Crippen LogP contribution in [0.25, 0.3) is 11.3 Å². The molecule has 1 aliphatic rings. The number of nitrogens with one attached hydrogen (secondary N) is 2. The van der Waals surface area contributed by atoms with Crippen molar-refractivity contribution in [2.24, 2.45) is 0 Å². The Morgan fingerprint density at radius 2 is 1.97 bits per heavy atom. The molecule has 2 aromatic carbocycles. The van der Waals surface area contributed by atoms with E-state index in [9.17, 15) is 10.1 Å². The summed E-state index contributed by atoms with van der Waals surface area (Å²) < 4.78 is 7.21. The highest BCUT2D eigenvalue weighted by atomic mass is 16.5. The van der Waals surface area contributed by atoms with Crippen LogP contribution < -0.4 is 15.4 Å². The summed E-state index contributed by atoms with van der Waals surface area (Å²) in [5.74, 6) is 1.13. The summed E-state index contributed by atoms with van der Waals surface area (Å²) in [6.45, 7) is 0.389. The fourth-order valence-electron chi connectivity index (χ4n) is 3.77. The highest BCUT2D eigenvalue weighted by molar-refractivity contribution is 5.96. The highest BCUT2D eigenvalue weighted by Crippen LogP contribution is 2.37. The number of ether oxygens (including phenoxy) is 1. The third-order valence-electron chi connectivity index (χ3n) is 5.71. The molecule has 0 spiro atoms. The molecule has 1 heterocycles. The standard InChI is InChI=1S/C24H25N5O2/c1-26-23-20(14-25)22(28-29(23)18-6-5-7-18)17-12-10-16(11-13-17)15-27-24(30)19-8-3-4-9-21(19)31-2/h3-4,8-13,18,26H,5-7,15H2,1-2H3,(H,27,30). The molecule has 0 radical (unpaired) electrons. The van der Waals surface area contributed by atoms with Gasteiger partial charge in [-0.2, -0.15) is 10.4 Å². The Balaban J connectivity index is 1.50. The van der Waals surface area contributed by atoms with Crippen LogP contribution in [0.5, 0.6) is 5.75 Å². The lowest BCUT2D eigenvalue weighted by Crippen LogP contribution is -2.23. The molecule has 1 saturated carbocycles. The fraction of sp³-hybridized carbons (Fsp3) is 0.292. The van der Waals surface area contributed by atoms with Crippen LogP contribution in [0.2, 0.25) is 0 Å². The number of amides is 1. The van der Waals surface area contributed by atoms with Crippen LogP contribution >= 0.6 is 0 Å². The van der Waals surface area contributed by atoms with Crippen LogP contribution in [-0.4, -0.2) is 29.8 Å². The van der Waals surface area contributed by atoms with Crippen LogP contribution in [0.3, 0.4) is 0 Å². The third kappa shape index (κ3) is 3.97. The molecule has 0 bridgehead atoms. The predicted molar refractivity (Wildman–Crippen MR) is 119 cm³/mol. The Bertz CT molecular complexity index is 1120. The minimum Gasteiger partial charge on any atom is -0.496 e. The number of methoxy groups -OCH3 is 1. The van der Waals surface area contributed by atoms with E-state index < -0.39 is 0 Å². The van der Waals surface area contributed by atoms with Crippen LogP contribution in [0, 0.1) is 11.3 Å². The molecule has 3 aromatic rings. The Morgan fingerprint density at radius 3 is 2.58 bits per heavy atom. The first-order valence-corrected chi connectivity index (χ1v) is 10.4. The van der Waals surface area contributed by atoms with Crippen LogP contribution in [0.1, 0.15) is 46.8 Å². The Morgan fingerprint density at radius 1 is 1.23 bits per heavy atom. The monoisotopic (exact) mass is 415 g/mol. The van der Waals surface area contributed by atoms with E-state index in [2.05, 4.69) is 16.7 Å². The Kier molecular flexibility index (Phi) is 5.89. The number of benzene rings is 2. The minimum absolute atomic E-state index is 0.189. The van der Waals surface area contributed by atoms with Gasteiger partial charge in [-0.3, -0.25) is 4.79 Å². The minimum atomic E-state index is -0.189. The number of nitrogens with zero attached hydrogens (tertiary/aromatic N) is 3. The van der Waals surface area contributed by atoms with Crippen molar-refractivity contribution >= 4 is 11.7 Å². The molecule has 2 N–H and O–H groups in total. The van der Waals surface area contributed by atoms with Crippen LogP contribution in [0.15, 0.2) is 48.5 Å². The molecule has 4 rings (SSSR count). The van der Waals surface area contributed by atoms with Gasteiger partial charge in [-0.1, -0.05) is 36.4 Å². The van der Waals surface area contributed by atoms with Crippen molar-refractivity contribution < 1.29 is 9.53 Å². The maximum Gasteiger partial charge on any atom is 0.255 e. The maximum absolute atomic E-state index is 12.5. The van der Waals surface area contributed by atoms with E-state index in [1.165, 1.54) is 6.42 Å². The average molecular weight is 415 g/mol. The van der Waals surface area contributed by atoms with E-state index in [0.717, 1.165) is 29.8 Å². The highest BCUT2D eigenvalue weighted by Gasteiger charge is 2.27. The van der Waals surface area contributed by atoms with Crippen LogP contribution in [0.4, 0.5) is 5.82 Å². The zero-order chi connectivity index (χ0) is 21.8. The van der Waals surface area contributed by atoms with E-state index in [4.69, 9.17) is 9.84 Å². The summed E-state index contributed by atoms with van der Waals surface area (Å²) in [5.41, 5.74) is 3.58. The van der Waals surface area contributed by atoms with Crippen molar-refractivity contribution in [2.45, 2.75) is 31.8 Å². The summed E-state index contributed by atoms with van der Waals surface area (Å²) >= 11 is 0. The number of nitriles is 1. The first kappa shape index (κ1) is 20.5. The van der Waals surface area contributed by atoms with Crippen LogP contribution in [-0.2, 0) is 6.54 Å². The van der Waals surface area contributed by atoms with Gasteiger partial charge in [0.05, 0.1) is 18.7 Å². The Hall–Kier alpha value is -3.79. The molecule has 31 heavy (non-hydrogen) atoms. The molecule has 1 amide bonds. The quantitative estimate of drug-likeness (QED) is 0.605. The van der Waals surface area contributed by atoms with Gasteiger partial charge in [0.1, 0.15) is 28.9 Å². The lowest BCUT2D eigenvalue weighted by Gasteiger charge is -2.27. The van der Waals surface area contributed by atoms with Crippen molar-refractivity contribution in [3.63, 3.8) is 0 Å². The smallest absolute Gasteiger partial charge is 0.255 e. The molecular weight excluding hydrogens is 390 g/mol. The largest absolute Gasteiger partial charge is 0.496 e. The van der Waals surface area contributed by atoms with E-state index in [0.29, 0.717) is 35.2 Å². The number of carbonyl (C=O) groups is 1. The first-order chi connectivity index (χ1) is 15.2. The summed E-state index contributed by atoms with van der Waals surface area (Å²) in [6, 6.07) is 17.6. The molecule has 0 atom stereocenters. The Labute approximate surface area is 181 Å². The summed E-state index contributed by atoms with van der Waals surface area (Å²) in [5, 5.41) is 20.5. The molecule has 7 heteroatoms. The first-order valence-electron chi connectivity index (χ1n) is 10.4. The zero-order valence-electron chi connectivity index (χ0n) is 17.7. The van der Waals surface area contributed by atoms with E-state index in [1.807, 2.05) is 42.1 Å². The summed E-state index contributed by atoms with van der Waals surface area (Å²) in [7, 11) is 3.37. The van der Waals surface area contributed by atoms with Crippen molar-refractivity contribution in [3.05, 3.63) is 65.2 Å². The fourth-order valence-corrected chi connectivity index (χ4v) is 3.77. The van der Waals surface area contributed by atoms with Gasteiger partial charge in [0.15, 0.2) is 0 Å². The number of hydrogen-bond acceptors (Lipinski definition) is 5. The molecular formula is C24H25N5O2. The predicted octanol–water partition coefficient (Wildman–Crippen LogP) is 4.13. The van der Waals surface area contributed by atoms with Gasteiger partial charge in [-0.05, 0) is 37.0 Å². The molecule has 1 fully saturated rings. The zero-order valence-corrected chi connectivity index (χ0v) is 17.7. The molecule has 158 valence electrons. The maximum atomic E-state index is 12.5. The summed E-state index contributed by atoms with van der Waals surface area (Å²) in [6.07, 6.45) is 3.37. The van der Waals surface area contributed by atoms with Gasteiger partial charge in [0.2, 0.25) is 0 Å². The molecule has 0 aliphatic heterocycles. The van der Waals surface area contributed by atoms with E-state index in [-0.39, 0.29) is 5.91 Å². The van der Waals surface area contributed by atoms with Gasteiger partial charge in [-0.25, -0.2) is 4.68 Å². The second-order valence-electron chi connectivity index (χ2n) is 7.54. The van der Waals surface area contributed by atoms with Gasteiger partial charge in [0, 0.05) is 19.2 Å². The van der Waals surface area contributed by atoms with Gasteiger partial charge < -0.3 is 15.4 Å². The average Bonchev–Trinajstić information content (AvgIpc) is 3.14. The normalized spacial score (nSPS) is 13.2. The number of anilines is 1. The number of carbonyl (C=O) groups excluding carboxylic acids is 1. The van der Waals surface area contributed by atoms with Crippen molar-refractivity contribution in [2.75, 3.05) is 19.5 Å². The SMILES string of the molecule is CNc1c(C#N)c(-c2ccc(CNC(=O)c3ccccc3OC)cc2)nn1C1CCC1. The van der Waals surface area contributed by atoms with E-state index in [1.54, 1.807) is 25.3 Å². The number of rotatable bonds is 7. The molecule has 1 aromatic heterocycles. The van der Waals surface area contributed by atoms with Crippen molar-refractivity contribution in [1.29, 1.82) is 5.26 Å². The molecule has 0 saturated heterocycles. The number of hydrogen-bond donors (Lipinski definition) is 2. The van der Waals surface area contributed by atoms with Crippen molar-refractivity contribution in [1.82, 2.24) is 15.1 Å². The second-order valence-corrected chi connectivity index (χ2v) is 7.54. The number of aromatic nitrogens is 2. The lowest BCUT2D eigenvalue weighted by atomic mass is 9.93. The van der Waals surface area contributed by atoms with Crippen molar-refractivity contribution in [3.8, 4) is 23.1 Å². The lowest BCUT2D eigenvalue weighted by molar-refractivity contribution is 0.0948. The van der Waals surface area contributed by atoms with E-state index >= 15 is 0 Å². The number of para-hydroxylation sites is 1. The van der Waals surface area contributed by atoms with Gasteiger partial charge in [0.25, 0.3) is 5.91 Å². The van der Waals surface area contributed by atoms with Gasteiger partial charge in [-0.15, -0.1) is 0 Å². The molecule has 7 nitrogen and oxygen atoms in total. The topological polar surface area (TPSA) is 92.0 Å². The van der Waals surface area contributed by atoms with Gasteiger partial charge >= 0.3 is 0 Å².